The maximum absolute atomic E-state index is 13.3. The van der Waals surface area contributed by atoms with E-state index >= 15 is 0 Å². The van der Waals surface area contributed by atoms with E-state index in [0.29, 0.717) is 0 Å². The number of nitrogens with one attached hydrogen (secondary N) is 1. The molecule has 1 rings (SSSR count). The van der Waals surface area contributed by atoms with E-state index in [4.69, 9.17) is 4.74 Å². The predicted molar refractivity (Wildman–Crippen MR) is 64.7 cm³/mol. The fourth-order valence-corrected chi connectivity index (χ4v) is 1.25. The largest absolute Gasteiger partial charge is 0.465 e. The van der Waals surface area contributed by atoms with Crippen LogP contribution in [0.1, 0.15) is 6.92 Å². The fraction of sp³-hybridized carbons (Fsp3) is 0.333. The lowest BCUT2D eigenvalue weighted by atomic mass is 10.3. The first kappa shape index (κ1) is 14.0. The van der Waals surface area contributed by atoms with E-state index in [1.54, 1.807) is 13.0 Å². The molecule has 0 aliphatic heterocycles. The van der Waals surface area contributed by atoms with Gasteiger partial charge in [0.1, 0.15) is 12.4 Å². The number of carbonyl (C=O) groups excluding carboxylic acids is 2. The molecule has 18 heavy (non-hydrogen) atoms. The van der Waals surface area contributed by atoms with Crippen molar-refractivity contribution >= 4 is 17.7 Å². The van der Waals surface area contributed by atoms with Crippen LogP contribution < -0.4 is 5.32 Å². The number of hydrogen-bond acceptors (Lipinski definition) is 3. The summed E-state index contributed by atoms with van der Waals surface area (Å²) < 4.78 is 18.0. The smallest absolute Gasteiger partial charge is 0.325 e. The second-order valence-corrected chi connectivity index (χ2v) is 3.57. The molecule has 0 atom stereocenters. The molecular formula is C12H15FN2O3. The second-order valence-electron chi connectivity index (χ2n) is 3.57. The van der Waals surface area contributed by atoms with Crippen molar-refractivity contribution in [2.24, 2.45) is 0 Å². The van der Waals surface area contributed by atoms with Gasteiger partial charge in [0.15, 0.2) is 0 Å². The highest BCUT2D eigenvalue weighted by Gasteiger charge is 2.14. The van der Waals surface area contributed by atoms with Gasteiger partial charge in [0.05, 0.1) is 12.3 Å². The van der Waals surface area contributed by atoms with Crippen molar-refractivity contribution in [3.8, 4) is 0 Å². The maximum atomic E-state index is 13.3. The normalized spacial score (nSPS) is 9.72. The molecule has 0 bridgehead atoms. The van der Waals surface area contributed by atoms with Gasteiger partial charge in [0, 0.05) is 7.05 Å². The predicted octanol–water partition coefficient (Wildman–Crippen LogP) is 1.85. The molecule has 0 fully saturated rings. The molecule has 6 heteroatoms. The number of benzene rings is 1. The molecule has 98 valence electrons. The Labute approximate surface area is 105 Å². The van der Waals surface area contributed by atoms with E-state index in [9.17, 15) is 14.0 Å². The average Bonchev–Trinajstić information content (AvgIpc) is 2.32. The Hall–Kier alpha value is -2.11. The van der Waals surface area contributed by atoms with Crippen LogP contribution in [-0.4, -0.2) is 37.1 Å². The van der Waals surface area contributed by atoms with Crippen LogP contribution in [0.5, 0.6) is 0 Å². The van der Waals surface area contributed by atoms with Crippen LogP contribution in [-0.2, 0) is 9.53 Å². The molecule has 0 unspecified atom stereocenters. The summed E-state index contributed by atoms with van der Waals surface area (Å²) in [7, 11) is 1.42. The van der Waals surface area contributed by atoms with Crippen molar-refractivity contribution in [3.05, 3.63) is 30.1 Å². The van der Waals surface area contributed by atoms with Crippen LogP contribution in [0.4, 0.5) is 14.9 Å². The number of amides is 2. The number of para-hydroxylation sites is 1. The average molecular weight is 254 g/mol. The summed E-state index contributed by atoms with van der Waals surface area (Å²) in [6.07, 6.45) is 0. The lowest BCUT2D eigenvalue weighted by Gasteiger charge is -2.17. The van der Waals surface area contributed by atoms with Gasteiger partial charge in [-0.1, -0.05) is 12.1 Å². The summed E-state index contributed by atoms with van der Waals surface area (Å²) in [5.41, 5.74) is 0.0678. The molecule has 0 spiro atoms. The molecule has 0 aliphatic rings. The number of esters is 1. The lowest BCUT2D eigenvalue weighted by Crippen LogP contribution is -2.36. The standard InChI is InChI=1S/C12H15FN2O3/c1-3-18-11(16)8-15(2)12(17)14-10-7-5-4-6-9(10)13/h4-7H,3,8H2,1-2H3,(H,14,17). The summed E-state index contributed by atoms with van der Waals surface area (Å²) in [6.45, 7) is 1.74. The molecule has 1 aromatic rings. The second kappa shape index (κ2) is 6.58. The number of ether oxygens (including phenoxy) is 1. The number of rotatable bonds is 4. The summed E-state index contributed by atoms with van der Waals surface area (Å²) >= 11 is 0. The van der Waals surface area contributed by atoms with E-state index in [2.05, 4.69) is 5.32 Å². The lowest BCUT2D eigenvalue weighted by molar-refractivity contribution is -0.143. The number of hydrogen-bond donors (Lipinski definition) is 1. The van der Waals surface area contributed by atoms with Crippen molar-refractivity contribution < 1.29 is 18.7 Å². The number of anilines is 1. The van der Waals surface area contributed by atoms with Gasteiger partial charge in [-0.2, -0.15) is 0 Å². The monoisotopic (exact) mass is 254 g/mol. The minimum absolute atomic E-state index is 0.0678. The SMILES string of the molecule is CCOC(=O)CN(C)C(=O)Nc1ccccc1F. The van der Waals surface area contributed by atoms with Crippen molar-refractivity contribution in [1.82, 2.24) is 4.90 Å². The maximum Gasteiger partial charge on any atom is 0.325 e. The van der Waals surface area contributed by atoms with Gasteiger partial charge >= 0.3 is 12.0 Å². The van der Waals surface area contributed by atoms with E-state index in [0.717, 1.165) is 4.90 Å². The summed E-state index contributed by atoms with van der Waals surface area (Å²) in [6, 6.07) is 5.22. The molecule has 0 heterocycles. The highest BCUT2D eigenvalue weighted by atomic mass is 19.1. The number of urea groups is 1. The highest BCUT2D eigenvalue weighted by molar-refractivity contribution is 5.91. The quantitative estimate of drug-likeness (QED) is 0.834. The zero-order valence-electron chi connectivity index (χ0n) is 10.3. The Morgan fingerprint density at radius 1 is 1.39 bits per heavy atom. The molecule has 5 nitrogen and oxygen atoms in total. The first-order valence-corrected chi connectivity index (χ1v) is 5.47. The molecule has 0 aliphatic carbocycles. The van der Waals surface area contributed by atoms with Gasteiger partial charge in [-0.05, 0) is 19.1 Å². The Balaban J connectivity index is 2.55. The van der Waals surface area contributed by atoms with Crippen molar-refractivity contribution in [2.75, 3.05) is 25.5 Å². The van der Waals surface area contributed by atoms with E-state index in [-0.39, 0.29) is 18.8 Å². The summed E-state index contributed by atoms with van der Waals surface area (Å²) in [5, 5.41) is 2.36. The third-order valence-electron chi connectivity index (χ3n) is 2.13. The first-order valence-electron chi connectivity index (χ1n) is 5.47. The Morgan fingerprint density at radius 3 is 2.67 bits per heavy atom. The summed E-state index contributed by atoms with van der Waals surface area (Å²) in [5.74, 6) is -1.04. The van der Waals surface area contributed by atoms with Crippen LogP contribution >= 0.6 is 0 Å². The van der Waals surface area contributed by atoms with E-state index < -0.39 is 17.8 Å². The highest BCUT2D eigenvalue weighted by Crippen LogP contribution is 2.12. The summed E-state index contributed by atoms with van der Waals surface area (Å²) in [4.78, 5) is 23.9. The van der Waals surface area contributed by atoms with E-state index in [1.165, 1.54) is 25.2 Å². The zero-order valence-corrected chi connectivity index (χ0v) is 10.3. The molecular weight excluding hydrogens is 239 g/mol. The van der Waals surface area contributed by atoms with Crippen LogP contribution in [0.15, 0.2) is 24.3 Å². The van der Waals surface area contributed by atoms with Crippen LogP contribution in [0.25, 0.3) is 0 Å². The number of halogens is 1. The fourth-order valence-electron chi connectivity index (χ4n) is 1.25. The van der Waals surface area contributed by atoms with Gasteiger partial charge < -0.3 is 15.0 Å². The molecule has 0 saturated heterocycles. The first-order chi connectivity index (χ1) is 8.54. The van der Waals surface area contributed by atoms with Crippen molar-refractivity contribution in [2.45, 2.75) is 6.92 Å². The molecule has 2 amide bonds. The topological polar surface area (TPSA) is 58.6 Å². The Kier molecular flexibility index (Phi) is 5.10. The van der Waals surface area contributed by atoms with Crippen LogP contribution in [0.3, 0.4) is 0 Å². The van der Waals surface area contributed by atoms with Crippen LogP contribution in [0, 0.1) is 5.82 Å². The number of likely N-dealkylation sites (N-methyl/N-ethyl adjacent to an activating group) is 1. The van der Waals surface area contributed by atoms with Crippen molar-refractivity contribution in [1.29, 1.82) is 0 Å². The molecule has 0 saturated carbocycles. The van der Waals surface area contributed by atoms with Gasteiger partial charge in [0.25, 0.3) is 0 Å². The molecule has 0 aromatic heterocycles. The number of carbonyl (C=O) groups is 2. The Morgan fingerprint density at radius 2 is 2.06 bits per heavy atom. The zero-order chi connectivity index (χ0) is 13.5. The molecule has 1 aromatic carbocycles. The minimum atomic E-state index is -0.576. The van der Waals surface area contributed by atoms with Gasteiger partial charge in [-0.15, -0.1) is 0 Å². The van der Waals surface area contributed by atoms with Gasteiger partial charge in [-0.3, -0.25) is 4.79 Å². The minimum Gasteiger partial charge on any atom is -0.465 e. The Bertz CT molecular complexity index is 437. The number of nitrogens with zero attached hydrogens (tertiary/aromatic N) is 1. The van der Waals surface area contributed by atoms with Crippen molar-refractivity contribution in [3.63, 3.8) is 0 Å². The third-order valence-corrected chi connectivity index (χ3v) is 2.13. The third kappa shape index (κ3) is 4.04. The molecule has 0 radical (unpaired) electrons. The molecule has 1 N–H and O–H groups in total. The van der Waals surface area contributed by atoms with Crippen LogP contribution in [0.2, 0.25) is 0 Å². The van der Waals surface area contributed by atoms with E-state index in [1.807, 2.05) is 0 Å². The van der Waals surface area contributed by atoms with Gasteiger partial charge in [-0.25, -0.2) is 9.18 Å². The van der Waals surface area contributed by atoms with Gasteiger partial charge in [0.2, 0.25) is 0 Å².